The number of hydrogen-bond acceptors (Lipinski definition) is 7. The molecule has 2 N–H and O–H groups in total. The van der Waals surface area contributed by atoms with Crippen LogP contribution in [0.2, 0.25) is 0 Å². The summed E-state index contributed by atoms with van der Waals surface area (Å²) in [4.78, 5) is 28.6. The minimum absolute atomic E-state index is 0.0572. The van der Waals surface area contributed by atoms with Crippen molar-refractivity contribution in [2.75, 3.05) is 43.8 Å². The Morgan fingerprint density at radius 1 is 1.00 bits per heavy atom. The molecule has 228 valence electrons. The first-order valence-corrected chi connectivity index (χ1v) is 16.2. The first kappa shape index (κ1) is 30.8. The maximum absolute atomic E-state index is 13.7. The van der Waals surface area contributed by atoms with Crippen LogP contribution in [0.3, 0.4) is 0 Å². The van der Waals surface area contributed by atoms with Gasteiger partial charge >= 0.3 is 5.97 Å². The zero-order valence-electron chi connectivity index (χ0n) is 25.2. The van der Waals surface area contributed by atoms with Crippen LogP contribution in [0, 0.1) is 12.8 Å². The van der Waals surface area contributed by atoms with Gasteiger partial charge in [0.2, 0.25) is 12.7 Å². The molecule has 2 aliphatic rings. The second kappa shape index (κ2) is 13.7. The Balaban J connectivity index is 1.46. The third-order valence-electron chi connectivity index (χ3n) is 8.30. The van der Waals surface area contributed by atoms with Gasteiger partial charge in [0, 0.05) is 29.9 Å². The first-order chi connectivity index (χ1) is 20.8. The fraction of sp³-hybridized carbons (Fsp3) is 0.412. The molecule has 0 aliphatic carbocycles. The van der Waals surface area contributed by atoms with Crippen molar-refractivity contribution in [3.8, 4) is 17.2 Å². The van der Waals surface area contributed by atoms with Crippen molar-refractivity contribution in [1.29, 1.82) is 0 Å². The van der Waals surface area contributed by atoms with Gasteiger partial charge in [-0.2, -0.15) is 11.8 Å². The maximum Gasteiger partial charge on any atom is 0.309 e. The van der Waals surface area contributed by atoms with E-state index < -0.39 is 17.9 Å². The van der Waals surface area contributed by atoms with Gasteiger partial charge in [-0.15, -0.1) is 0 Å². The first-order valence-electron chi connectivity index (χ1n) is 14.8. The van der Waals surface area contributed by atoms with Crippen LogP contribution < -0.4 is 19.5 Å². The van der Waals surface area contributed by atoms with E-state index in [1.807, 2.05) is 53.6 Å². The molecule has 43 heavy (non-hydrogen) atoms. The summed E-state index contributed by atoms with van der Waals surface area (Å²) < 4.78 is 16.9. The lowest BCUT2D eigenvalue weighted by Gasteiger charge is -2.27. The molecule has 9 heteroatoms. The fourth-order valence-electron chi connectivity index (χ4n) is 6.30. The van der Waals surface area contributed by atoms with Crippen LogP contribution in [-0.2, 0) is 22.4 Å². The molecular formula is C34H40N2O6S. The fourth-order valence-corrected chi connectivity index (χ4v) is 6.55. The second-order valence-electron chi connectivity index (χ2n) is 11.1. The van der Waals surface area contributed by atoms with Gasteiger partial charge in [-0.3, -0.25) is 14.5 Å². The molecule has 1 saturated heterocycles. The highest BCUT2D eigenvalue weighted by Crippen LogP contribution is 2.47. The minimum Gasteiger partial charge on any atom is -0.493 e. The molecule has 8 nitrogen and oxygen atoms in total. The number of fused-ring (bicyclic) bond motifs is 1. The van der Waals surface area contributed by atoms with Crippen molar-refractivity contribution in [3.63, 3.8) is 0 Å². The van der Waals surface area contributed by atoms with E-state index in [0.29, 0.717) is 24.7 Å². The lowest BCUT2D eigenvalue weighted by atomic mass is 9.82. The number of aryl methyl sites for hydroxylation is 3. The Morgan fingerprint density at radius 3 is 2.33 bits per heavy atom. The number of nitrogens with zero attached hydrogens (tertiary/aromatic N) is 1. The number of carbonyl (C=O) groups excluding carboxylic acids is 1. The number of ether oxygens (including phenoxy) is 3. The number of carboxylic acid groups (broad SMARTS) is 1. The van der Waals surface area contributed by atoms with Gasteiger partial charge in [-0.25, -0.2) is 0 Å². The number of amides is 1. The van der Waals surface area contributed by atoms with Crippen molar-refractivity contribution < 1.29 is 28.9 Å². The van der Waals surface area contributed by atoms with Crippen LogP contribution in [0.15, 0.2) is 54.6 Å². The van der Waals surface area contributed by atoms with E-state index in [1.54, 1.807) is 11.8 Å². The number of likely N-dealkylation sites (tertiary alicyclic amines) is 1. The van der Waals surface area contributed by atoms with Crippen LogP contribution in [0.5, 0.6) is 17.2 Å². The van der Waals surface area contributed by atoms with Gasteiger partial charge in [0.1, 0.15) is 5.75 Å². The third-order valence-corrected chi connectivity index (χ3v) is 8.88. The zero-order chi connectivity index (χ0) is 30.5. The van der Waals surface area contributed by atoms with E-state index >= 15 is 0 Å². The van der Waals surface area contributed by atoms with Crippen LogP contribution >= 0.6 is 11.8 Å². The summed E-state index contributed by atoms with van der Waals surface area (Å²) in [5.74, 6) is 0.660. The van der Waals surface area contributed by atoms with Crippen molar-refractivity contribution in [3.05, 3.63) is 82.4 Å². The van der Waals surface area contributed by atoms with E-state index in [9.17, 15) is 14.7 Å². The highest BCUT2D eigenvalue weighted by atomic mass is 32.2. The lowest BCUT2D eigenvalue weighted by Crippen LogP contribution is -2.35. The third kappa shape index (κ3) is 6.78. The smallest absolute Gasteiger partial charge is 0.309 e. The van der Waals surface area contributed by atoms with Crippen LogP contribution in [0.25, 0.3) is 0 Å². The summed E-state index contributed by atoms with van der Waals surface area (Å²) in [6, 6.07) is 16.9. The molecule has 1 amide bonds. The molecule has 1 fully saturated rings. The molecule has 3 aromatic rings. The molecule has 0 aromatic heterocycles. The molecule has 2 heterocycles. The molecule has 0 spiro atoms. The standard InChI is InChI=1S/C34H40N2O6S/c1-5-22-15-21(3)16-23(6-2)32(22)35-30(37)19-36-18-27(25-9-12-28-29(17-25)42-20-41-28)31(34(38)39)33(36)24-7-10-26(11-8-24)40-13-14-43-4/h7-12,15-17,27,31,33H,5-6,13-14,18-20H2,1-4H3,(H,35,37)(H,38,39)/t27-,31-,33+/m1/s1. The summed E-state index contributed by atoms with van der Waals surface area (Å²) in [5.41, 5.74) is 5.91. The Hall–Kier alpha value is -3.69. The van der Waals surface area contributed by atoms with Crippen LogP contribution in [0.4, 0.5) is 5.69 Å². The van der Waals surface area contributed by atoms with Gasteiger partial charge in [0.25, 0.3) is 0 Å². The second-order valence-corrected chi connectivity index (χ2v) is 12.1. The van der Waals surface area contributed by atoms with E-state index in [1.165, 1.54) is 5.56 Å². The van der Waals surface area contributed by atoms with Gasteiger partial charge in [-0.1, -0.05) is 49.7 Å². The molecule has 3 aromatic carbocycles. The predicted molar refractivity (Wildman–Crippen MR) is 170 cm³/mol. The average Bonchev–Trinajstić information content (AvgIpc) is 3.62. The number of aliphatic carboxylic acids is 1. The molecule has 0 saturated carbocycles. The average molecular weight is 605 g/mol. The minimum atomic E-state index is -0.907. The van der Waals surface area contributed by atoms with Crippen molar-refractivity contribution >= 4 is 29.3 Å². The number of anilines is 1. The molecule has 0 bridgehead atoms. The largest absolute Gasteiger partial charge is 0.493 e. The number of nitrogens with one attached hydrogen (secondary N) is 1. The molecule has 0 unspecified atom stereocenters. The molecule has 3 atom stereocenters. The summed E-state index contributed by atoms with van der Waals surface area (Å²) in [7, 11) is 0. The van der Waals surface area contributed by atoms with E-state index in [0.717, 1.165) is 52.3 Å². The Morgan fingerprint density at radius 2 is 1.67 bits per heavy atom. The Kier molecular flexibility index (Phi) is 9.82. The lowest BCUT2D eigenvalue weighted by molar-refractivity contribution is -0.143. The number of carboxylic acids is 1. The molecule has 2 aliphatic heterocycles. The number of hydrogen-bond donors (Lipinski definition) is 2. The summed E-state index contributed by atoms with van der Waals surface area (Å²) in [5, 5.41) is 13.8. The number of rotatable bonds is 12. The number of benzene rings is 3. The monoisotopic (exact) mass is 604 g/mol. The topological polar surface area (TPSA) is 97.3 Å². The quantitative estimate of drug-likeness (QED) is 0.241. The highest BCUT2D eigenvalue weighted by Gasteiger charge is 2.48. The number of thioether (sulfide) groups is 1. The SMILES string of the molecule is CCc1cc(C)cc(CC)c1NC(=O)CN1C[C@H](c2ccc3c(c2)OCO3)[C@@H](C(=O)O)[C@@H]1c1ccc(OCCSC)cc1. The molecule has 5 rings (SSSR count). The Labute approximate surface area is 257 Å². The molecule has 0 radical (unpaired) electrons. The van der Waals surface area contributed by atoms with E-state index in [-0.39, 0.29) is 25.2 Å². The van der Waals surface area contributed by atoms with Crippen molar-refractivity contribution in [2.45, 2.75) is 45.6 Å². The van der Waals surface area contributed by atoms with E-state index in [4.69, 9.17) is 14.2 Å². The van der Waals surface area contributed by atoms with Gasteiger partial charge in [-0.05, 0) is 72.5 Å². The van der Waals surface area contributed by atoms with Gasteiger partial charge < -0.3 is 24.6 Å². The highest BCUT2D eigenvalue weighted by molar-refractivity contribution is 7.98. The van der Waals surface area contributed by atoms with Crippen molar-refractivity contribution in [2.24, 2.45) is 5.92 Å². The predicted octanol–water partition coefficient (Wildman–Crippen LogP) is 6.07. The van der Waals surface area contributed by atoms with E-state index in [2.05, 4.69) is 38.2 Å². The van der Waals surface area contributed by atoms with Gasteiger partial charge in [0.05, 0.1) is 19.1 Å². The normalized spacial score (nSPS) is 19.4. The van der Waals surface area contributed by atoms with Gasteiger partial charge in [0.15, 0.2) is 11.5 Å². The van der Waals surface area contributed by atoms with Crippen molar-refractivity contribution in [1.82, 2.24) is 4.90 Å². The van der Waals surface area contributed by atoms with Crippen LogP contribution in [-0.4, -0.2) is 60.4 Å². The molecular weight excluding hydrogens is 564 g/mol. The maximum atomic E-state index is 13.7. The Bertz CT molecular complexity index is 1430. The summed E-state index contributed by atoms with van der Waals surface area (Å²) in [6.45, 7) is 7.44. The van der Waals surface area contributed by atoms with Crippen LogP contribution in [0.1, 0.15) is 53.6 Å². The zero-order valence-corrected chi connectivity index (χ0v) is 26.0. The summed E-state index contributed by atoms with van der Waals surface area (Å²) in [6.07, 6.45) is 3.63. The summed E-state index contributed by atoms with van der Waals surface area (Å²) >= 11 is 1.71. The number of carbonyl (C=O) groups is 2.